The van der Waals surface area contributed by atoms with E-state index in [0.717, 1.165) is 5.56 Å². The number of hydrogen-bond acceptors (Lipinski definition) is 3. The topological polar surface area (TPSA) is 49.7 Å². The van der Waals surface area contributed by atoms with Gasteiger partial charge in [0.25, 0.3) is 0 Å². The van der Waals surface area contributed by atoms with Crippen molar-refractivity contribution in [3.05, 3.63) is 35.9 Å². The van der Waals surface area contributed by atoms with Crippen LogP contribution in [0.5, 0.6) is 0 Å². The molecule has 0 saturated carbocycles. The van der Waals surface area contributed by atoms with Crippen LogP contribution in [0, 0.1) is 0 Å². The van der Waals surface area contributed by atoms with E-state index in [1.807, 2.05) is 30.3 Å². The molecule has 1 aromatic rings. The highest BCUT2D eigenvalue weighted by Gasteiger charge is 2.01. The summed E-state index contributed by atoms with van der Waals surface area (Å²) in [6, 6.07) is 9.40. The molecule has 0 heterocycles. The summed E-state index contributed by atoms with van der Waals surface area (Å²) in [5.41, 5.74) is 0.952. The summed E-state index contributed by atoms with van der Waals surface area (Å²) in [6.45, 7) is 0.282. The molecule has 0 radical (unpaired) electrons. The van der Waals surface area contributed by atoms with Crippen molar-refractivity contribution in [2.45, 2.75) is 6.61 Å². The largest absolute Gasteiger partial charge is 0.479 e. The second-order valence-corrected chi connectivity index (χ2v) is 3.11. The van der Waals surface area contributed by atoms with Crippen molar-refractivity contribution in [3.8, 4) is 0 Å². The van der Waals surface area contributed by atoms with Crippen LogP contribution >= 0.6 is 0 Å². The molecule has 0 aliphatic rings. The van der Waals surface area contributed by atoms with Crippen LogP contribution < -0.4 is 0 Å². The Kier molecular flexibility index (Phi) is 3.25. The van der Waals surface area contributed by atoms with Crippen LogP contribution in [0.15, 0.2) is 30.3 Å². The summed E-state index contributed by atoms with van der Waals surface area (Å²) >= 11 is 0. The summed E-state index contributed by atoms with van der Waals surface area (Å²) < 4.78 is 4.68. The molecule has 0 aromatic heterocycles. The lowest BCUT2D eigenvalue weighted by molar-refractivity contribution is 0.177. The highest BCUT2D eigenvalue weighted by atomic mass is 28.3. The van der Waals surface area contributed by atoms with Crippen LogP contribution in [0.4, 0.5) is 0 Å². The van der Waals surface area contributed by atoms with E-state index >= 15 is 0 Å². The summed E-state index contributed by atoms with van der Waals surface area (Å²) in [7, 11) is -2.84. The molecule has 0 atom stereocenters. The van der Waals surface area contributed by atoms with E-state index in [0.29, 0.717) is 0 Å². The lowest BCUT2D eigenvalue weighted by Crippen LogP contribution is -2.16. The van der Waals surface area contributed by atoms with Gasteiger partial charge in [-0.15, -0.1) is 0 Å². The van der Waals surface area contributed by atoms with Crippen molar-refractivity contribution in [3.63, 3.8) is 0 Å². The Morgan fingerprint density at radius 2 is 1.82 bits per heavy atom. The maximum absolute atomic E-state index is 8.49. The Morgan fingerprint density at radius 3 is 2.36 bits per heavy atom. The molecule has 0 amide bonds. The van der Waals surface area contributed by atoms with Crippen LogP contribution in [0.3, 0.4) is 0 Å². The minimum absolute atomic E-state index is 0.282. The fourth-order valence-electron chi connectivity index (χ4n) is 0.745. The highest BCUT2D eigenvalue weighted by Crippen LogP contribution is 1.99. The first-order chi connectivity index (χ1) is 5.29. The van der Waals surface area contributed by atoms with Gasteiger partial charge in [-0.05, 0) is 5.56 Å². The molecule has 1 aromatic carbocycles. The van der Waals surface area contributed by atoms with Gasteiger partial charge in [-0.25, -0.2) is 0 Å². The highest BCUT2D eigenvalue weighted by molar-refractivity contribution is 6.32. The lowest BCUT2D eigenvalue weighted by atomic mass is 10.2. The van der Waals surface area contributed by atoms with E-state index < -0.39 is 9.53 Å². The third-order valence-corrected chi connectivity index (χ3v) is 1.71. The minimum Gasteiger partial charge on any atom is -0.392 e. The average molecular weight is 170 g/mol. The van der Waals surface area contributed by atoms with Gasteiger partial charge in [-0.3, -0.25) is 0 Å². The Bertz CT molecular complexity index is 200. The first kappa shape index (κ1) is 8.41. The van der Waals surface area contributed by atoms with Crippen LogP contribution in [0.25, 0.3) is 0 Å². The van der Waals surface area contributed by atoms with Crippen LogP contribution in [-0.2, 0) is 11.0 Å². The number of benzene rings is 1. The second-order valence-electron chi connectivity index (χ2n) is 2.12. The molecule has 2 N–H and O–H groups in total. The SMILES string of the molecule is O[SiH](O)OCc1ccccc1. The van der Waals surface area contributed by atoms with Gasteiger partial charge < -0.3 is 14.0 Å². The van der Waals surface area contributed by atoms with Gasteiger partial charge in [0, 0.05) is 0 Å². The van der Waals surface area contributed by atoms with E-state index in [-0.39, 0.29) is 6.61 Å². The molecule has 0 bridgehead atoms. The molecule has 0 spiro atoms. The van der Waals surface area contributed by atoms with Gasteiger partial charge in [0.2, 0.25) is 0 Å². The van der Waals surface area contributed by atoms with Gasteiger partial charge in [0.15, 0.2) is 0 Å². The van der Waals surface area contributed by atoms with E-state index in [1.54, 1.807) is 0 Å². The molecule has 3 nitrogen and oxygen atoms in total. The Labute approximate surface area is 66.8 Å². The molecule has 0 saturated heterocycles. The molecule has 60 valence electrons. The van der Waals surface area contributed by atoms with E-state index in [2.05, 4.69) is 4.43 Å². The molecular formula is C7H10O3Si. The van der Waals surface area contributed by atoms with E-state index in [4.69, 9.17) is 9.59 Å². The van der Waals surface area contributed by atoms with E-state index in [9.17, 15) is 0 Å². The van der Waals surface area contributed by atoms with Crippen LogP contribution in [-0.4, -0.2) is 19.1 Å². The van der Waals surface area contributed by atoms with Gasteiger partial charge >= 0.3 is 9.53 Å². The Balaban J connectivity index is 2.39. The molecule has 1 rings (SSSR count). The maximum atomic E-state index is 8.49. The summed E-state index contributed by atoms with van der Waals surface area (Å²) in [5, 5.41) is 0. The minimum atomic E-state index is -2.84. The number of hydrogen-bond donors (Lipinski definition) is 2. The van der Waals surface area contributed by atoms with Crippen molar-refractivity contribution in [2.24, 2.45) is 0 Å². The summed E-state index contributed by atoms with van der Waals surface area (Å²) in [5.74, 6) is 0. The Hall–Kier alpha value is -0.683. The van der Waals surface area contributed by atoms with Crippen molar-refractivity contribution in [1.29, 1.82) is 0 Å². The van der Waals surface area contributed by atoms with Gasteiger partial charge in [-0.2, -0.15) is 0 Å². The standard InChI is InChI=1S/C7H10O3Si/c8-11(9)10-6-7-4-2-1-3-5-7/h1-5,8-9,11H,6H2. The zero-order valence-corrected chi connectivity index (χ0v) is 7.13. The molecule has 11 heavy (non-hydrogen) atoms. The number of rotatable bonds is 3. The Morgan fingerprint density at radius 1 is 1.18 bits per heavy atom. The summed E-state index contributed by atoms with van der Waals surface area (Å²) in [6.07, 6.45) is 0. The molecule has 0 aliphatic heterocycles. The lowest BCUT2D eigenvalue weighted by Gasteiger charge is -2.02. The monoisotopic (exact) mass is 170 g/mol. The van der Waals surface area contributed by atoms with Crippen molar-refractivity contribution >= 4 is 9.53 Å². The molecule has 4 heteroatoms. The first-order valence-electron chi connectivity index (χ1n) is 3.31. The first-order valence-corrected chi connectivity index (χ1v) is 4.81. The molecule has 0 unspecified atom stereocenters. The fourth-order valence-corrected chi connectivity index (χ4v) is 1.09. The van der Waals surface area contributed by atoms with Crippen molar-refractivity contribution < 1.29 is 14.0 Å². The third-order valence-electron chi connectivity index (χ3n) is 1.24. The third kappa shape index (κ3) is 3.29. The van der Waals surface area contributed by atoms with Gasteiger partial charge in [0.1, 0.15) is 0 Å². The fraction of sp³-hybridized carbons (Fsp3) is 0.143. The van der Waals surface area contributed by atoms with Gasteiger partial charge in [-0.1, -0.05) is 30.3 Å². The molecule has 0 fully saturated rings. The quantitative estimate of drug-likeness (QED) is 0.623. The smallest absolute Gasteiger partial charge is 0.392 e. The predicted molar refractivity (Wildman–Crippen MR) is 42.8 cm³/mol. The van der Waals surface area contributed by atoms with Crippen LogP contribution in [0.2, 0.25) is 0 Å². The van der Waals surface area contributed by atoms with E-state index in [1.165, 1.54) is 0 Å². The normalized spacial score (nSPS) is 10.5. The van der Waals surface area contributed by atoms with Crippen molar-refractivity contribution in [1.82, 2.24) is 0 Å². The average Bonchev–Trinajstić information content (AvgIpc) is 2.03. The maximum Gasteiger partial charge on any atom is 0.479 e. The van der Waals surface area contributed by atoms with Crippen LogP contribution in [0.1, 0.15) is 5.56 Å². The second kappa shape index (κ2) is 4.25. The van der Waals surface area contributed by atoms with Gasteiger partial charge in [0.05, 0.1) is 6.61 Å². The predicted octanol–water partition coefficient (Wildman–Crippen LogP) is -0.0950. The zero-order valence-electron chi connectivity index (χ0n) is 5.97. The molecule has 0 aliphatic carbocycles. The summed E-state index contributed by atoms with van der Waals surface area (Å²) in [4.78, 5) is 17.0. The van der Waals surface area contributed by atoms with Crippen molar-refractivity contribution in [2.75, 3.05) is 0 Å². The molecular weight excluding hydrogens is 160 g/mol. The zero-order chi connectivity index (χ0) is 8.10.